The Morgan fingerprint density at radius 2 is 0.891 bits per heavy atom. The minimum absolute atomic E-state index is 0.0158. The third-order valence-corrected chi connectivity index (χ3v) is 28.4. The molecule has 20 saturated heterocycles. The fourth-order valence-corrected chi connectivity index (χ4v) is 23.0. The Bertz CT molecular complexity index is 3470. The lowest BCUT2D eigenvalue weighted by atomic mass is 9.79. The van der Waals surface area contributed by atoms with Crippen molar-refractivity contribution >= 4 is 21.7 Å². The fourth-order valence-electron chi connectivity index (χ4n) is 23.0. The number of methoxy groups -OCH3 is 2. The predicted molar refractivity (Wildman–Crippen MR) is 395 cm³/mol. The minimum atomic E-state index is -3.67. The maximum Gasteiger partial charge on any atom is 0.261 e. The van der Waals surface area contributed by atoms with Gasteiger partial charge in [-0.2, -0.15) is 8.42 Å². The van der Waals surface area contributed by atoms with Crippen LogP contribution in [-0.4, -0.2) is 275 Å². The molecule has 20 heterocycles. The van der Waals surface area contributed by atoms with Crippen molar-refractivity contribution in [2.45, 2.75) is 394 Å². The van der Waals surface area contributed by atoms with Gasteiger partial charge in [-0.25, -0.2) is 0 Å². The number of Topliss-reactive ketones (excluding diaryl/α,β-unsaturated/α-hetero) is 2. The fraction of sp³-hybridized carbons (Fsp3) is 0.878. The maximum atomic E-state index is 14.1. The lowest BCUT2D eigenvalue weighted by Crippen LogP contribution is -2.66. The lowest BCUT2D eigenvalue weighted by Gasteiger charge is -2.51. The van der Waals surface area contributed by atoms with Crippen molar-refractivity contribution in [1.82, 2.24) is 0 Å². The molecule has 0 aromatic carbocycles. The van der Waals surface area contributed by atoms with E-state index in [4.69, 9.17) is 101 Å². The highest BCUT2D eigenvalue weighted by molar-refractivity contribution is 7.85. The van der Waals surface area contributed by atoms with Gasteiger partial charge in [0.1, 0.15) is 72.1 Å². The smallest absolute Gasteiger partial charge is 0.261 e. The Labute approximate surface area is 648 Å². The molecule has 2 spiro atoms. The van der Waals surface area contributed by atoms with E-state index in [-0.39, 0.29) is 239 Å². The summed E-state index contributed by atoms with van der Waals surface area (Å²) in [5, 5.41) is 21.1. The van der Waals surface area contributed by atoms with Gasteiger partial charge in [0.15, 0.2) is 11.6 Å². The number of ketones is 2. The SMILES string of the molecule is C=C1C[C@@H]2CC[C@@]34C[C@H]5O[C@H]6[C@@H](O3)[C@H]3O[C@H](CC[C@@H]3O[C@@]6(C)C5O4)CC(=O)CC3C(C[C@H]4O[C@@H](CC[C@@H]1O2)C[C@@H](C)C4=C)O[C@H](CC(O)CN)[C@@H]3OC.C=C1C[C@@H]2CC[C@@]34C[C@H]5O[C@H]6[C@@H](O3)[C@H]3O[C@H](CC[C@@H]3O[C@H]6C5O4)CC(=O)CC3C(C[C@H]4O[C@@H](CC[C@@H]1O2)C[C@@H](C)C4=C)O[C@H](CC(O)CN)[C@@H]3OC.CS(=O)(=O)O. The van der Waals surface area contributed by atoms with Crippen LogP contribution in [0.15, 0.2) is 48.6 Å². The van der Waals surface area contributed by atoms with Crippen molar-refractivity contribution in [3.8, 4) is 0 Å². The Hall–Kier alpha value is -2.67. The molecule has 0 radical (unpaired) electrons. The van der Waals surface area contributed by atoms with E-state index in [1.807, 2.05) is 0 Å². The molecular weight excluding hydrogens is 1440 g/mol. The molecule has 38 atom stereocenters. The summed E-state index contributed by atoms with van der Waals surface area (Å²) in [5.74, 6) is -1.27. The highest BCUT2D eigenvalue weighted by atomic mass is 32.2. The van der Waals surface area contributed by atoms with Crippen LogP contribution in [0.25, 0.3) is 0 Å². The number of hydrogen-bond acceptors (Lipinski definition) is 26. The van der Waals surface area contributed by atoms with Crippen LogP contribution in [0.4, 0.5) is 0 Å². The molecular formula is C82H124N2O25S. The minimum Gasteiger partial charge on any atom is -0.392 e. The topological polar surface area (TPSA) is 347 Å². The van der Waals surface area contributed by atoms with E-state index < -0.39 is 51.7 Å². The number of rotatable bonds is 8. The highest BCUT2D eigenvalue weighted by Gasteiger charge is 2.74. The summed E-state index contributed by atoms with van der Waals surface area (Å²) >= 11 is 0. The van der Waals surface area contributed by atoms with Crippen LogP contribution in [-0.2, 0) is 105 Å². The largest absolute Gasteiger partial charge is 0.392 e. The Balaban J connectivity index is 0.000000158. The van der Waals surface area contributed by atoms with Gasteiger partial charge < -0.3 is 107 Å². The van der Waals surface area contributed by atoms with E-state index in [0.29, 0.717) is 64.0 Å². The summed E-state index contributed by atoms with van der Waals surface area (Å²) in [6, 6.07) is 0. The number of carbonyl (C=O) groups is 2. The summed E-state index contributed by atoms with van der Waals surface area (Å²) in [4.78, 5) is 28.2. The van der Waals surface area contributed by atoms with E-state index in [1.54, 1.807) is 14.2 Å². The molecule has 20 rings (SSSR count). The Kier molecular flexibility index (Phi) is 24.0. The zero-order valence-electron chi connectivity index (χ0n) is 65.2. The van der Waals surface area contributed by atoms with Gasteiger partial charge in [-0.1, -0.05) is 40.2 Å². The monoisotopic (exact) mass is 1570 g/mol. The molecule has 27 nitrogen and oxygen atoms in total. The first-order valence-electron chi connectivity index (χ1n) is 41.6. The number of carbonyl (C=O) groups excluding carboxylic acids is 2. The van der Waals surface area contributed by atoms with Crippen molar-refractivity contribution in [2.24, 2.45) is 35.1 Å². The molecule has 8 unspecified atom stereocenters. The van der Waals surface area contributed by atoms with Crippen molar-refractivity contribution < 1.29 is 118 Å². The van der Waals surface area contributed by atoms with Crippen molar-refractivity contribution in [3.63, 3.8) is 0 Å². The quantitative estimate of drug-likeness (QED) is 0.124. The van der Waals surface area contributed by atoms with Crippen LogP contribution in [0.1, 0.15) is 188 Å². The summed E-state index contributed by atoms with van der Waals surface area (Å²) in [5.41, 5.74) is 15.4. The van der Waals surface area contributed by atoms with Gasteiger partial charge in [0.25, 0.3) is 10.1 Å². The standard InChI is InChI=1S/C41H61NO11.C40H59NO11.CH4O3S/c1-20-12-25-6-8-29-21(2)13-27(46-29)10-11-41-18-34-38(53-41)40(4)39(50-34)37(52-41)36-30(51-40)9-7-26(48-36)14-23(43)15-28-32(17-31(47-25)22(20)3)49-33(35(28)45-5)16-24(44)19-42;1-19-11-24-5-7-28-20(2)12-26(45-28)9-10-40-17-33-36(51-40)37-38(50-33)39(52-40)35-29(49-37)8-6-25(47-35)13-22(42)14-27-31(16-30(46-24)21(19)3)48-32(34(27)44-4)15-23(43)18-41;1-5(2,3)4/h20,24-39,44H,2-3,6-19,42H2,1,4-5H3;19,23-39,43H,2-3,5-18,41H2,1,4H3;1H3,(H,2,3,4)/t20-,24?,25+,26-,27+,28?,29+,30+,31-,32?,33-,34-,35-,36+,37+,38?,39+,40+,41-;19-,23?,24+,25-,26+,27?,28+,29+,30-,31?,32-,33-,34-,35+,36?,37+,38-,39+,40+;/m11./s1. The third kappa shape index (κ3) is 16.4. The normalized spacial score (nSPS) is 50.8. The van der Waals surface area contributed by atoms with Crippen LogP contribution in [0.2, 0.25) is 0 Å². The van der Waals surface area contributed by atoms with Crippen LogP contribution in [0, 0.1) is 23.7 Å². The molecule has 20 aliphatic heterocycles. The van der Waals surface area contributed by atoms with Gasteiger partial charge in [0, 0.05) is 116 Å². The molecule has 7 N–H and O–H groups in total. The summed E-state index contributed by atoms with van der Waals surface area (Å²) < 4.78 is 146. The van der Waals surface area contributed by atoms with Crippen molar-refractivity contribution in [2.75, 3.05) is 33.6 Å². The number of ether oxygens (including phenoxy) is 18. The van der Waals surface area contributed by atoms with E-state index >= 15 is 0 Å². The second-order valence-electron chi connectivity index (χ2n) is 36.2. The zero-order chi connectivity index (χ0) is 77.2. The molecule has 0 amide bonds. The molecule has 20 aliphatic rings. The molecule has 110 heavy (non-hydrogen) atoms. The molecule has 618 valence electrons. The van der Waals surface area contributed by atoms with E-state index in [1.165, 1.54) is 0 Å². The molecule has 0 saturated carbocycles. The Morgan fingerprint density at radius 3 is 1.41 bits per heavy atom. The van der Waals surface area contributed by atoms with Crippen LogP contribution < -0.4 is 11.5 Å². The molecule has 0 aliphatic carbocycles. The van der Waals surface area contributed by atoms with E-state index in [9.17, 15) is 28.2 Å². The number of nitrogens with two attached hydrogens (primary N) is 2. The first-order chi connectivity index (χ1) is 52.5. The van der Waals surface area contributed by atoms with Gasteiger partial charge in [-0.05, 0) is 131 Å². The first-order valence-corrected chi connectivity index (χ1v) is 43.5. The lowest BCUT2D eigenvalue weighted by molar-refractivity contribution is -0.301. The van der Waals surface area contributed by atoms with Gasteiger partial charge >= 0.3 is 0 Å². The average Bonchev–Trinajstić information content (AvgIpc) is 1.53. The van der Waals surface area contributed by atoms with Crippen molar-refractivity contribution in [1.29, 1.82) is 0 Å². The van der Waals surface area contributed by atoms with Gasteiger partial charge in [0.05, 0.1) is 141 Å². The van der Waals surface area contributed by atoms with E-state index in [2.05, 4.69) is 47.1 Å². The molecule has 28 heteroatoms. The number of hydrogen-bond donors (Lipinski definition) is 5. The highest BCUT2D eigenvalue weighted by Crippen LogP contribution is 2.60. The number of aliphatic hydroxyl groups excluding tert-OH is 2. The van der Waals surface area contributed by atoms with Gasteiger partial charge in [0.2, 0.25) is 0 Å². The second-order valence-corrected chi connectivity index (χ2v) is 37.7. The third-order valence-electron chi connectivity index (χ3n) is 28.4. The summed E-state index contributed by atoms with van der Waals surface area (Å²) in [6.45, 7) is 24.6. The molecule has 0 aromatic heterocycles. The molecule has 0 aromatic rings. The predicted octanol–water partition coefficient (Wildman–Crippen LogP) is 6.77. The number of fused-ring (bicyclic) bond motifs is 12. The second kappa shape index (κ2) is 32.6. The first kappa shape index (κ1) is 81.1. The van der Waals surface area contributed by atoms with Crippen LogP contribution >= 0.6 is 0 Å². The number of aliphatic hydroxyl groups is 2. The molecule has 20 fully saturated rings. The summed E-state index contributed by atoms with van der Waals surface area (Å²) in [7, 11) is -0.348. The maximum absolute atomic E-state index is 14.1. The molecule has 24 bridgehead atoms. The van der Waals surface area contributed by atoms with Gasteiger partial charge in [-0.15, -0.1) is 0 Å². The van der Waals surface area contributed by atoms with Crippen LogP contribution in [0.5, 0.6) is 0 Å². The zero-order valence-corrected chi connectivity index (χ0v) is 66.0. The van der Waals surface area contributed by atoms with Crippen molar-refractivity contribution in [3.05, 3.63) is 48.6 Å². The van der Waals surface area contributed by atoms with Gasteiger partial charge in [-0.3, -0.25) is 14.1 Å². The summed E-state index contributed by atoms with van der Waals surface area (Å²) in [6.07, 6.45) is 10.2. The average molecular weight is 1570 g/mol. The van der Waals surface area contributed by atoms with Crippen LogP contribution in [0.3, 0.4) is 0 Å². The Morgan fingerprint density at radius 1 is 0.455 bits per heavy atom. The van der Waals surface area contributed by atoms with E-state index in [0.717, 1.165) is 106 Å².